The van der Waals surface area contributed by atoms with Gasteiger partial charge in [-0.15, -0.1) is 6.58 Å². The van der Waals surface area contributed by atoms with E-state index in [1.54, 1.807) is 56.5 Å². The summed E-state index contributed by atoms with van der Waals surface area (Å²) in [5, 5.41) is 14.9. The molecule has 4 heterocycles. The largest absolute Gasteiger partial charge is 0.508 e. The Kier molecular flexibility index (Phi) is 8.62. The number of amides is 1. The molecule has 1 unspecified atom stereocenters. The summed E-state index contributed by atoms with van der Waals surface area (Å²) < 4.78 is 18.2. The summed E-state index contributed by atoms with van der Waals surface area (Å²) in [6.07, 6.45) is 1.52. The maximum absolute atomic E-state index is 14.1. The SMILES string of the molecule is C=CC[Si](C)(C)c1c2c(nc3ccc(O)cc13)-c1cc3c(c(=O)n1C2)COC(=O)C3(CC)OC(=O)CCCNC(=O)OC(C)(C)C. The Bertz CT molecular complexity index is 1820. The lowest BCUT2D eigenvalue weighted by molar-refractivity contribution is -0.189. The molecule has 0 radical (unpaired) electrons. The number of fused-ring (bicyclic) bond motifs is 5. The molecule has 5 rings (SSSR count). The van der Waals surface area contributed by atoms with Crippen LogP contribution < -0.4 is 16.1 Å². The quantitative estimate of drug-likeness (QED) is 0.0865. The van der Waals surface area contributed by atoms with E-state index in [1.807, 2.05) is 6.08 Å². The van der Waals surface area contributed by atoms with Gasteiger partial charge in [0.2, 0.25) is 5.60 Å². The van der Waals surface area contributed by atoms with E-state index in [0.29, 0.717) is 22.5 Å². The monoisotopic (exact) mass is 647 g/mol. The summed E-state index contributed by atoms with van der Waals surface area (Å²) in [7, 11) is -2.18. The van der Waals surface area contributed by atoms with Crippen LogP contribution >= 0.6 is 0 Å². The first-order valence-electron chi connectivity index (χ1n) is 15.5. The summed E-state index contributed by atoms with van der Waals surface area (Å²) in [5.41, 5.74) is 0.488. The van der Waals surface area contributed by atoms with Crippen LogP contribution in [0.1, 0.15) is 63.6 Å². The number of nitrogens with zero attached hydrogens (tertiary/aromatic N) is 2. The van der Waals surface area contributed by atoms with Crippen molar-refractivity contribution in [2.45, 2.75) is 90.4 Å². The summed E-state index contributed by atoms with van der Waals surface area (Å²) >= 11 is 0. The molecule has 1 aromatic carbocycles. The predicted molar refractivity (Wildman–Crippen MR) is 176 cm³/mol. The molecule has 2 aromatic heterocycles. The minimum Gasteiger partial charge on any atom is -0.508 e. The van der Waals surface area contributed by atoms with Gasteiger partial charge < -0.3 is 29.2 Å². The number of aromatic hydroxyl groups is 1. The van der Waals surface area contributed by atoms with Gasteiger partial charge >= 0.3 is 18.0 Å². The zero-order valence-electron chi connectivity index (χ0n) is 27.2. The van der Waals surface area contributed by atoms with Crippen molar-refractivity contribution >= 4 is 42.2 Å². The molecule has 244 valence electrons. The number of carbonyl (C=O) groups excluding carboxylic acids is 3. The zero-order valence-corrected chi connectivity index (χ0v) is 28.2. The average Bonchev–Trinajstić information content (AvgIpc) is 3.32. The van der Waals surface area contributed by atoms with Gasteiger partial charge in [0, 0.05) is 23.9 Å². The average molecular weight is 648 g/mol. The minimum atomic E-state index is -2.18. The molecule has 0 saturated heterocycles. The molecule has 46 heavy (non-hydrogen) atoms. The van der Waals surface area contributed by atoms with Crippen LogP contribution in [-0.4, -0.2) is 52.9 Å². The van der Waals surface area contributed by atoms with E-state index in [0.717, 1.165) is 22.2 Å². The number of hydrogen-bond donors (Lipinski definition) is 2. The number of phenols is 1. The Morgan fingerprint density at radius 3 is 2.63 bits per heavy atom. The van der Waals surface area contributed by atoms with Crippen LogP contribution in [-0.2, 0) is 42.6 Å². The third-order valence-corrected chi connectivity index (χ3v) is 11.7. The second-order valence-electron chi connectivity index (χ2n) is 13.5. The molecular weight excluding hydrogens is 606 g/mol. The van der Waals surface area contributed by atoms with Gasteiger partial charge in [-0.1, -0.05) is 26.1 Å². The second-order valence-corrected chi connectivity index (χ2v) is 18.1. The van der Waals surface area contributed by atoms with E-state index < -0.39 is 37.3 Å². The highest BCUT2D eigenvalue weighted by Crippen LogP contribution is 2.41. The number of nitrogens with one attached hydrogen (secondary N) is 1. The third-order valence-electron chi connectivity index (χ3n) is 8.48. The maximum atomic E-state index is 14.1. The molecular formula is C34H41N3O8Si. The number of allylic oxidation sites excluding steroid dienone is 1. The number of ether oxygens (including phenoxy) is 3. The fraction of sp³-hybridized carbons (Fsp3) is 0.441. The predicted octanol–water partition coefficient (Wildman–Crippen LogP) is 4.74. The van der Waals surface area contributed by atoms with Gasteiger partial charge in [0.1, 0.15) is 18.0 Å². The van der Waals surface area contributed by atoms with Crippen LogP contribution in [0.4, 0.5) is 4.79 Å². The highest BCUT2D eigenvalue weighted by Gasteiger charge is 2.50. The van der Waals surface area contributed by atoms with Crippen LogP contribution in [0.2, 0.25) is 19.1 Å². The van der Waals surface area contributed by atoms with Crippen LogP contribution in [0.15, 0.2) is 41.7 Å². The molecule has 0 spiro atoms. The lowest BCUT2D eigenvalue weighted by atomic mass is 9.85. The van der Waals surface area contributed by atoms with Crippen molar-refractivity contribution in [2.75, 3.05) is 6.54 Å². The number of rotatable bonds is 9. The van der Waals surface area contributed by atoms with E-state index in [-0.39, 0.29) is 55.8 Å². The first-order valence-corrected chi connectivity index (χ1v) is 18.7. The smallest absolute Gasteiger partial charge is 0.407 e. The van der Waals surface area contributed by atoms with Crippen LogP contribution in [0.5, 0.6) is 5.75 Å². The number of hydrogen-bond acceptors (Lipinski definition) is 9. The molecule has 0 bridgehead atoms. The lowest BCUT2D eigenvalue weighted by Crippen LogP contribution is -2.47. The Balaban J connectivity index is 1.53. The first-order chi connectivity index (χ1) is 21.6. The number of aromatic nitrogens is 2. The van der Waals surface area contributed by atoms with E-state index in [4.69, 9.17) is 19.2 Å². The highest BCUT2D eigenvalue weighted by molar-refractivity contribution is 6.92. The molecule has 12 heteroatoms. The fourth-order valence-corrected chi connectivity index (χ4v) is 9.31. The van der Waals surface area contributed by atoms with Crippen LogP contribution in [0, 0.1) is 0 Å². The van der Waals surface area contributed by atoms with Gasteiger partial charge in [-0.05, 0) is 74.7 Å². The van der Waals surface area contributed by atoms with Crippen molar-refractivity contribution < 1.29 is 33.7 Å². The Morgan fingerprint density at radius 2 is 1.96 bits per heavy atom. The van der Waals surface area contributed by atoms with Gasteiger partial charge in [0.15, 0.2) is 0 Å². The number of phenolic OH excluding ortho intramolecular Hbond substituents is 1. The van der Waals surface area contributed by atoms with Crippen molar-refractivity contribution in [2.24, 2.45) is 0 Å². The Morgan fingerprint density at radius 1 is 1.22 bits per heavy atom. The van der Waals surface area contributed by atoms with Crippen molar-refractivity contribution in [3.63, 3.8) is 0 Å². The minimum absolute atomic E-state index is 0.0471. The van der Waals surface area contributed by atoms with Gasteiger partial charge in [0.25, 0.3) is 5.56 Å². The number of cyclic esters (lactones) is 1. The van der Waals surface area contributed by atoms with Gasteiger partial charge in [-0.3, -0.25) is 9.59 Å². The van der Waals surface area contributed by atoms with Gasteiger partial charge in [-0.2, -0.15) is 0 Å². The Hall–Kier alpha value is -4.45. The first kappa shape index (κ1) is 32.9. The van der Waals surface area contributed by atoms with Gasteiger partial charge in [-0.25, -0.2) is 14.6 Å². The summed E-state index contributed by atoms with van der Waals surface area (Å²) in [5.74, 6) is -1.28. The zero-order chi connectivity index (χ0) is 33.6. The molecule has 3 aromatic rings. The van der Waals surface area contributed by atoms with Crippen molar-refractivity contribution in [1.29, 1.82) is 0 Å². The van der Waals surface area contributed by atoms with Crippen molar-refractivity contribution in [1.82, 2.24) is 14.9 Å². The van der Waals surface area contributed by atoms with Crippen LogP contribution in [0.3, 0.4) is 0 Å². The van der Waals surface area contributed by atoms with E-state index in [1.165, 1.54) is 0 Å². The van der Waals surface area contributed by atoms with Gasteiger partial charge in [0.05, 0.1) is 37.1 Å². The number of alkyl carbamates (subject to hydrolysis) is 1. The molecule has 11 nitrogen and oxygen atoms in total. The number of esters is 2. The number of benzene rings is 1. The van der Waals surface area contributed by atoms with E-state index in [9.17, 15) is 24.3 Å². The molecule has 0 aliphatic carbocycles. The highest BCUT2D eigenvalue weighted by atomic mass is 28.3. The third kappa shape index (κ3) is 5.93. The Labute approximate surface area is 268 Å². The molecule has 1 amide bonds. The molecule has 2 aliphatic heterocycles. The van der Waals surface area contributed by atoms with Crippen molar-refractivity contribution in [3.05, 3.63) is 64.0 Å². The van der Waals surface area contributed by atoms with Crippen molar-refractivity contribution in [3.8, 4) is 17.1 Å². The molecule has 0 fully saturated rings. The second kappa shape index (κ2) is 12.0. The van der Waals surface area contributed by atoms with E-state index >= 15 is 0 Å². The summed E-state index contributed by atoms with van der Waals surface area (Å²) in [6.45, 7) is 15.6. The fourth-order valence-electron chi connectivity index (χ4n) is 6.44. The normalized spacial score (nSPS) is 17.0. The lowest BCUT2D eigenvalue weighted by Gasteiger charge is -2.35. The maximum Gasteiger partial charge on any atom is 0.407 e. The number of carbonyl (C=O) groups is 3. The summed E-state index contributed by atoms with van der Waals surface area (Å²) in [4.78, 5) is 57.5. The molecule has 1 atom stereocenters. The van der Waals surface area contributed by atoms with Crippen LogP contribution in [0.25, 0.3) is 22.3 Å². The topological polar surface area (TPSA) is 146 Å². The molecule has 0 saturated carbocycles. The standard InChI is InChI=1S/C34H41N3O8Si/c1-8-15-46(6,7)29-21-16-20(38)12-13-25(21)36-28-22(29)18-37-26(28)17-24-23(30(37)40)19-43-31(41)34(24,9-2)44-27(39)11-10-14-35-32(42)45-33(3,4)5/h8,12-13,16-17,38H,1,9-11,14-15,18-19H2,2-7H3,(H,35,42). The molecule has 2 N–H and O–H groups in total. The summed E-state index contributed by atoms with van der Waals surface area (Å²) in [6, 6.07) is 7.60. The molecule has 2 aliphatic rings. The number of pyridine rings is 2. The van der Waals surface area contributed by atoms with E-state index in [2.05, 4.69) is 25.0 Å².